The molecule has 0 unspecified atom stereocenters. The summed E-state index contributed by atoms with van der Waals surface area (Å²) in [7, 11) is 0. The molecule has 1 aliphatic heterocycles. The van der Waals surface area contributed by atoms with Crippen LogP contribution in [0.1, 0.15) is 89.5 Å². The minimum absolute atomic E-state index is 0.934. The van der Waals surface area contributed by atoms with Crippen molar-refractivity contribution in [2.45, 2.75) is 90.5 Å². The van der Waals surface area contributed by atoms with Gasteiger partial charge >= 0.3 is 0 Å². The van der Waals surface area contributed by atoms with Crippen molar-refractivity contribution in [1.29, 1.82) is 0 Å². The van der Waals surface area contributed by atoms with Gasteiger partial charge in [0.05, 0.1) is 19.4 Å². The summed E-state index contributed by atoms with van der Waals surface area (Å²) in [5, 5.41) is 4.79. The molecule has 3 heteroatoms. The van der Waals surface area contributed by atoms with Gasteiger partial charge in [0.15, 0.2) is 0 Å². The number of aliphatic imine (C=N–C) groups is 1. The third-order valence-corrected chi connectivity index (χ3v) is 5.51. The second-order valence-corrected chi connectivity index (χ2v) is 7.95. The monoisotopic (exact) mass is 371 g/mol. The molecule has 1 heterocycles. The number of nitrogens with zero attached hydrogens (tertiary/aromatic N) is 3. The Hall–Kier alpha value is -1.35. The van der Waals surface area contributed by atoms with E-state index in [1.165, 1.54) is 82.6 Å². The minimum atomic E-state index is 0.934. The molecule has 0 N–H and O–H groups in total. The first-order valence-corrected chi connectivity index (χ1v) is 11.5. The standard InChI is InChI=1S/C24H41N3/c1-2-3-4-5-6-7-8-9-10-11-12-16-20-26(27-21-19-25-23-27)22-24-17-14-13-15-18-24/h13-15,17-18,23H,2-12,16,19-22H2,1H3. The summed E-state index contributed by atoms with van der Waals surface area (Å²) in [6, 6.07) is 10.8. The highest BCUT2D eigenvalue weighted by Crippen LogP contribution is 2.14. The summed E-state index contributed by atoms with van der Waals surface area (Å²) in [5.41, 5.74) is 1.39. The molecule has 3 nitrogen and oxygen atoms in total. The van der Waals surface area contributed by atoms with Crippen LogP contribution in [0.4, 0.5) is 0 Å². The Morgan fingerprint density at radius 3 is 1.96 bits per heavy atom. The molecule has 152 valence electrons. The fourth-order valence-electron chi connectivity index (χ4n) is 3.81. The van der Waals surface area contributed by atoms with Crippen LogP contribution in [0.2, 0.25) is 0 Å². The summed E-state index contributed by atoms with van der Waals surface area (Å²) < 4.78 is 0. The van der Waals surface area contributed by atoms with Crippen LogP contribution in [0.3, 0.4) is 0 Å². The molecule has 0 saturated carbocycles. The molecule has 1 aliphatic rings. The van der Waals surface area contributed by atoms with Crippen molar-refractivity contribution in [2.24, 2.45) is 4.99 Å². The number of hydrogen-bond acceptors (Lipinski definition) is 3. The maximum absolute atomic E-state index is 4.40. The zero-order chi connectivity index (χ0) is 19.0. The Balaban J connectivity index is 1.52. The molecule has 27 heavy (non-hydrogen) atoms. The molecule has 0 amide bonds. The van der Waals surface area contributed by atoms with Crippen LogP contribution in [-0.2, 0) is 6.54 Å². The van der Waals surface area contributed by atoms with E-state index >= 15 is 0 Å². The van der Waals surface area contributed by atoms with Gasteiger partial charge in [-0.2, -0.15) is 0 Å². The first-order chi connectivity index (χ1) is 13.4. The zero-order valence-corrected chi connectivity index (χ0v) is 17.6. The van der Waals surface area contributed by atoms with Crippen LogP contribution < -0.4 is 0 Å². The van der Waals surface area contributed by atoms with Gasteiger partial charge in [0.25, 0.3) is 0 Å². The smallest absolute Gasteiger partial charge is 0.0995 e. The fraction of sp³-hybridized carbons (Fsp3) is 0.708. The van der Waals surface area contributed by atoms with Crippen molar-refractivity contribution < 1.29 is 0 Å². The van der Waals surface area contributed by atoms with Crippen molar-refractivity contribution in [2.75, 3.05) is 19.6 Å². The summed E-state index contributed by atoms with van der Waals surface area (Å²) in [6.45, 7) is 6.39. The lowest BCUT2D eigenvalue weighted by molar-refractivity contribution is 0.0486. The average molecular weight is 372 g/mol. The largest absolute Gasteiger partial charge is 0.294 e. The second kappa shape index (κ2) is 14.7. The number of hydrogen-bond donors (Lipinski definition) is 0. The van der Waals surface area contributed by atoms with Gasteiger partial charge in [0.2, 0.25) is 0 Å². The molecule has 0 spiro atoms. The highest BCUT2D eigenvalue weighted by molar-refractivity contribution is 5.56. The van der Waals surface area contributed by atoms with Crippen LogP contribution in [-0.4, -0.2) is 36.0 Å². The first kappa shape index (κ1) is 21.9. The molecule has 1 aromatic carbocycles. The number of hydrazine groups is 1. The Bertz CT molecular complexity index is 486. The lowest BCUT2D eigenvalue weighted by Crippen LogP contribution is -2.40. The van der Waals surface area contributed by atoms with E-state index in [-0.39, 0.29) is 0 Å². The summed E-state index contributed by atoms with van der Waals surface area (Å²) in [5.74, 6) is 0. The van der Waals surface area contributed by atoms with Crippen molar-refractivity contribution >= 4 is 6.34 Å². The maximum Gasteiger partial charge on any atom is 0.0995 e. The second-order valence-electron chi connectivity index (χ2n) is 7.95. The Morgan fingerprint density at radius 2 is 1.41 bits per heavy atom. The van der Waals surface area contributed by atoms with Crippen molar-refractivity contribution in [3.63, 3.8) is 0 Å². The molecular formula is C24H41N3. The Morgan fingerprint density at radius 1 is 0.815 bits per heavy atom. The van der Waals surface area contributed by atoms with Gasteiger partial charge < -0.3 is 0 Å². The van der Waals surface area contributed by atoms with E-state index < -0.39 is 0 Å². The van der Waals surface area contributed by atoms with Gasteiger partial charge in [-0.1, -0.05) is 108 Å². The molecule has 0 aromatic heterocycles. The van der Waals surface area contributed by atoms with E-state index in [2.05, 4.69) is 52.3 Å². The van der Waals surface area contributed by atoms with Gasteiger partial charge in [-0.3, -0.25) is 10.0 Å². The Labute approximate surface area is 167 Å². The zero-order valence-electron chi connectivity index (χ0n) is 17.6. The fourth-order valence-corrected chi connectivity index (χ4v) is 3.81. The van der Waals surface area contributed by atoms with E-state index in [0.29, 0.717) is 0 Å². The van der Waals surface area contributed by atoms with E-state index in [9.17, 15) is 0 Å². The maximum atomic E-state index is 4.40. The highest BCUT2D eigenvalue weighted by Gasteiger charge is 2.15. The molecule has 0 fully saturated rings. The lowest BCUT2D eigenvalue weighted by Gasteiger charge is -2.31. The third kappa shape index (κ3) is 9.95. The van der Waals surface area contributed by atoms with Crippen molar-refractivity contribution in [1.82, 2.24) is 10.0 Å². The van der Waals surface area contributed by atoms with Gasteiger partial charge in [0, 0.05) is 13.1 Å². The molecule has 0 saturated heterocycles. The number of rotatable bonds is 16. The van der Waals surface area contributed by atoms with Crippen molar-refractivity contribution in [3.8, 4) is 0 Å². The van der Waals surface area contributed by atoms with E-state index in [1.54, 1.807) is 0 Å². The minimum Gasteiger partial charge on any atom is -0.294 e. The molecule has 0 aliphatic carbocycles. The molecule has 0 atom stereocenters. The van der Waals surface area contributed by atoms with Crippen LogP contribution >= 0.6 is 0 Å². The predicted octanol–water partition coefficient (Wildman–Crippen LogP) is 6.45. The number of benzene rings is 1. The Kier molecular flexibility index (Phi) is 11.9. The van der Waals surface area contributed by atoms with E-state index in [0.717, 1.165) is 26.2 Å². The first-order valence-electron chi connectivity index (χ1n) is 11.5. The van der Waals surface area contributed by atoms with Crippen molar-refractivity contribution in [3.05, 3.63) is 35.9 Å². The summed E-state index contributed by atoms with van der Waals surface area (Å²) in [4.78, 5) is 4.40. The molecular weight excluding hydrogens is 330 g/mol. The average Bonchev–Trinajstić information content (AvgIpc) is 3.23. The highest BCUT2D eigenvalue weighted by atomic mass is 15.6. The molecule has 2 rings (SSSR count). The molecule has 1 aromatic rings. The quantitative estimate of drug-likeness (QED) is 0.311. The molecule has 0 radical (unpaired) electrons. The predicted molar refractivity (Wildman–Crippen MR) is 118 cm³/mol. The SMILES string of the molecule is CCCCCCCCCCCCCCN(Cc1ccccc1)N1C=NCC1. The topological polar surface area (TPSA) is 18.8 Å². The van der Waals surface area contributed by atoms with E-state index in [4.69, 9.17) is 0 Å². The van der Waals surface area contributed by atoms with Crippen LogP contribution in [0.15, 0.2) is 35.3 Å². The normalized spacial score (nSPS) is 13.8. The van der Waals surface area contributed by atoms with Gasteiger partial charge in [0.1, 0.15) is 0 Å². The summed E-state index contributed by atoms with van der Waals surface area (Å²) >= 11 is 0. The van der Waals surface area contributed by atoms with Gasteiger partial charge in [-0.05, 0) is 12.0 Å². The van der Waals surface area contributed by atoms with E-state index in [1.807, 2.05) is 6.34 Å². The summed E-state index contributed by atoms with van der Waals surface area (Å²) in [6.07, 6.45) is 18.9. The molecule has 0 bridgehead atoms. The van der Waals surface area contributed by atoms with Crippen LogP contribution in [0.5, 0.6) is 0 Å². The van der Waals surface area contributed by atoms with Crippen LogP contribution in [0, 0.1) is 0 Å². The number of unbranched alkanes of at least 4 members (excludes halogenated alkanes) is 11. The van der Waals surface area contributed by atoms with Gasteiger partial charge in [-0.25, -0.2) is 5.01 Å². The lowest BCUT2D eigenvalue weighted by atomic mass is 10.1. The van der Waals surface area contributed by atoms with Gasteiger partial charge in [-0.15, -0.1) is 0 Å². The third-order valence-electron chi connectivity index (χ3n) is 5.51. The van der Waals surface area contributed by atoms with Crippen LogP contribution in [0.25, 0.3) is 0 Å².